The largest absolute Gasteiger partial charge is 0.453 e. The van der Waals surface area contributed by atoms with Gasteiger partial charge in [0.1, 0.15) is 0 Å². The molecule has 1 heterocycles. The van der Waals surface area contributed by atoms with Crippen LogP contribution in [0.4, 0.5) is 5.69 Å². The van der Waals surface area contributed by atoms with Crippen LogP contribution >= 0.6 is 11.8 Å². The molecule has 2 aromatic carbocycles. The van der Waals surface area contributed by atoms with Crippen LogP contribution in [-0.4, -0.2) is 26.8 Å². The topological polar surface area (TPSA) is 108 Å². The lowest BCUT2D eigenvalue weighted by Crippen LogP contribution is -2.09. The molecule has 1 atom stereocenters. The predicted molar refractivity (Wildman–Crippen MR) is 107 cm³/mol. The van der Waals surface area contributed by atoms with E-state index in [2.05, 4.69) is 10.2 Å². The number of aromatic nitrogens is 2. The van der Waals surface area contributed by atoms with E-state index in [4.69, 9.17) is 9.15 Å². The maximum Gasteiger partial charge on any atom is 0.307 e. The van der Waals surface area contributed by atoms with E-state index < -0.39 is 11.0 Å². The van der Waals surface area contributed by atoms with Gasteiger partial charge in [0, 0.05) is 28.3 Å². The molecule has 0 radical (unpaired) electrons. The Hall–Kier alpha value is -3.20. The molecule has 0 saturated heterocycles. The molecular formula is C20H19N3O5S. The molecule has 0 saturated carbocycles. The number of esters is 1. The van der Waals surface area contributed by atoms with Gasteiger partial charge in [-0.05, 0) is 38.1 Å². The Morgan fingerprint density at radius 1 is 1.17 bits per heavy atom. The van der Waals surface area contributed by atoms with Crippen molar-refractivity contribution in [1.82, 2.24) is 10.2 Å². The summed E-state index contributed by atoms with van der Waals surface area (Å²) < 4.78 is 10.9. The van der Waals surface area contributed by atoms with E-state index in [1.807, 2.05) is 31.2 Å². The lowest BCUT2D eigenvalue weighted by atomic mass is 10.2. The molecule has 0 aliphatic carbocycles. The van der Waals surface area contributed by atoms with Crippen molar-refractivity contribution in [1.29, 1.82) is 0 Å². The number of nitrogens with zero attached hydrogens (tertiary/aromatic N) is 3. The number of carbonyl (C=O) groups is 1. The summed E-state index contributed by atoms with van der Waals surface area (Å²) in [7, 11) is 0. The van der Waals surface area contributed by atoms with E-state index in [0.717, 1.165) is 4.90 Å². The number of non-ortho nitro benzene ring substituents is 1. The van der Waals surface area contributed by atoms with Gasteiger partial charge in [-0.2, -0.15) is 0 Å². The van der Waals surface area contributed by atoms with Crippen molar-refractivity contribution in [2.45, 2.75) is 31.3 Å². The van der Waals surface area contributed by atoms with E-state index in [1.165, 1.54) is 29.8 Å². The minimum atomic E-state index is -0.689. The smallest absolute Gasteiger partial charge is 0.307 e. The number of carbonyl (C=O) groups excluding carboxylic acids is 1. The third kappa shape index (κ3) is 5.64. The van der Waals surface area contributed by atoms with Crippen LogP contribution in [0.3, 0.4) is 0 Å². The molecule has 0 bridgehead atoms. The number of hydrogen-bond donors (Lipinski definition) is 0. The first-order valence-corrected chi connectivity index (χ1v) is 9.88. The molecule has 0 aliphatic rings. The number of ether oxygens (including phenoxy) is 1. The van der Waals surface area contributed by atoms with E-state index in [0.29, 0.717) is 11.3 Å². The molecule has 1 aromatic heterocycles. The Balaban J connectivity index is 1.51. The summed E-state index contributed by atoms with van der Waals surface area (Å²) >= 11 is 1.58. The molecule has 8 nitrogen and oxygen atoms in total. The van der Waals surface area contributed by atoms with Gasteiger partial charge in [-0.1, -0.05) is 17.7 Å². The molecule has 3 aromatic rings. The van der Waals surface area contributed by atoms with Gasteiger partial charge in [-0.25, -0.2) is 0 Å². The summed E-state index contributed by atoms with van der Waals surface area (Å²) in [4.78, 5) is 23.4. The molecule has 3 rings (SSSR count). The third-order valence-electron chi connectivity index (χ3n) is 4.02. The number of nitro groups is 1. The Kier molecular flexibility index (Phi) is 6.61. The fourth-order valence-electron chi connectivity index (χ4n) is 2.43. The second-order valence-electron chi connectivity index (χ2n) is 6.29. The quantitative estimate of drug-likeness (QED) is 0.225. The van der Waals surface area contributed by atoms with Crippen molar-refractivity contribution >= 4 is 23.4 Å². The zero-order chi connectivity index (χ0) is 20.8. The first kappa shape index (κ1) is 20.5. The summed E-state index contributed by atoms with van der Waals surface area (Å²) in [6.07, 6.45) is -0.433. The SMILES string of the molecule is Cc1ccc(SCCC(=O)O[C@H](C)c2nnc(-c3ccc([N+](=O)[O-])cc3)o2)cc1. The minimum Gasteiger partial charge on any atom is -0.453 e. The van der Waals surface area contributed by atoms with Crippen LogP contribution in [0.25, 0.3) is 11.5 Å². The zero-order valence-corrected chi connectivity index (χ0v) is 16.7. The van der Waals surface area contributed by atoms with Crippen LogP contribution in [0.15, 0.2) is 57.8 Å². The van der Waals surface area contributed by atoms with E-state index in [-0.39, 0.29) is 29.9 Å². The molecule has 9 heteroatoms. The average molecular weight is 413 g/mol. The van der Waals surface area contributed by atoms with Crippen LogP contribution in [-0.2, 0) is 9.53 Å². The van der Waals surface area contributed by atoms with Crippen molar-refractivity contribution in [3.8, 4) is 11.5 Å². The molecule has 0 spiro atoms. The maximum absolute atomic E-state index is 12.1. The van der Waals surface area contributed by atoms with Crippen molar-refractivity contribution in [2.24, 2.45) is 0 Å². The highest BCUT2D eigenvalue weighted by Crippen LogP contribution is 2.25. The molecule has 0 unspecified atom stereocenters. The van der Waals surface area contributed by atoms with Gasteiger partial charge in [0.05, 0.1) is 11.3 Å². The van der Waals surface area contributed by atoms with Crippen LogP contribution in [0.1, 0.15) is 30.9 Å². The van der Waals surface area contributed by atoms with Gasteiger partial charge >= 0.3 is 5.97 Å². The monoisotopic (exact) mass is 413 g/mol. The van der Waals surface area contributed by atoms with Crippen molar-refractivity contribution in [3.05, 3.63) is 70.1 Å². The van der Waals surface area contributed by atoms with Crippen molar-refractivity contribution < 1.29 is 18.9 Å². The van der Waals surface area contributed by atoms with Crippen LogP contribution in [0.5, 0.6) is 0 Å². The first-order chi connectivity index (χ1) is 13.9. The first-order valence-electron chi connectivity index (χ1n) is 8.89. The molecule has 29 heavy (non-hydrogen) atoms. The Morgan fingerprint density at radius 2 is 1.86 bits per heavy atom. The maximum atomic E-state index is 12.1. The average Bonchev–Trinajstić information content (AvgIpc) is 3.20. The number of rotatable bonds is 8. The van der Waals surface area contributed by atoms with Gasteiger partial charge in [0.15, 0.2) is 6.10 Å². The molecule has 0 N–H and O–H groups in total. The van der Waals surface area contributed by atoms with E-state index in [9.17, 15) is 14.9 Å². The highest BCUT2D eigenvalue weighted by atomic mass is 32.2. The standard InChI is InChI=1S/C20H19N3O5S/c1-13-3-9-17(10-4-13)29-12-11-18(24)27-14(2)19-21-22-20(28-19)15-5-7-16(8-6-15)23(25)26/h3-10,14H,11-12H2,1-2H3/t14-/m1/s1. The fraction of sp³-hybridized carbons (Fsp3) is 0.250. The van der Waals surface area contributed by atoms with Crippen molar-refractivity contribution in [3.63, 3.8) is 0 Å². The third-order valence-corrected chi connectivity index (χ3v) is 5.03. The summed E-state index contributed by atoms with van der Waals surface area (Å²) in [6.45, 7) is 3.68. The molecular weight excluding hydrogens is 394 g/mol. The molecule has 150 valence electrons. The van der Waals surface area contributed by atoms with Gasteiger partial charge in [0.2, 0.25) is 5.89 Å². The van der Waals surface area contributed by atoms with Crippen molar-refractivity contribution in [2.75, 3.05) is 5.75 Å². The fourth-order valence-corrected chi connectivity index (χ4v) is 3.27. The Morgan fingerprint density at radius 3 is 2.52 bits per heavy atom. The summed E-state index contributed by atoms with van der Waals surface area (Å²) in [5.74, 6) is 0.616. The normalized spacial score (nSPS) is 11.8. The van der Waals surface area contributed by atoms with Crippen LogP contribution in [0, 0.1) is 17.0 Å². The lowest BCUT2D eigenvalue weighted by molar-refractivity contribution is -0.384. The highest BCUT2D eigenvalue weighted by Gasteiger charge is 2.19. The number of aryl methyl sites for hydroxylation is 1. The number of hydrogen-bond acceptors (Lipinski definition) is 8. The van der Waals surface area contributed by atoms with E-state index >= 15 is 0 Å². The summed E-state index contributed by atoms with van der Waals surface area (Å²) in [5.41, 5.74) is 1.71. The minimum absolute atomic E-state index is 0.0284. The van der Waals surface area contributed by atoms with Crippen LogP contribution in [0.2, 0.25) is 0 Å². The highest BCUT2D eigenvalue weighted by molar-refractivity contribution is 7.99. The van der Waals surface area contributed by atoms with Gasteiger partial charge in [-0.3, -0.25) is 14.9 Å². The Labute approximate surface area is 171 Å². The number of thioether (sulfide) groups is 1. The second-order valence-corrected chi connectivity index (χ2v) is 7.46. The summed E-state index contributed by atoms with van der Waals surface area (Å²) in [5, 5.41) is 18.5. The van der Waals surface area contributed by atoms with Gasteiger partial charge in [-0.15, -0.1) is 22.0 Å². The van der Waals surface area contributed by atoms with Gasteiger partial charge in [0.25, 0.3) is 11.6 Å². The van der Waals surface area contributed by atoms with Crippen LogP contribution < -0.4 is 0 Å². The molecule has 0 amide bonds. The second kappa shape index (κ2) is 9.33. The Bertz CT molecular complexity index is 986. The lowest BCUT2D eigenvalue weighted by Gasteiger charge is -2.09. The molecule has 0 fully saturated rings. The van der Waals surface area contributed by atoms with E-state index in [1.54, 1.807) is 18.7 Å². The number of benzene rings is 2. The summed E-state index contributed by atoms with van der Waals surface area (Å²) in [6, 6.07) is 13.9. The predicted octanol–water partition coefficient (Wildman–Crippen LogP) is 4.74. The zero-order valence-electron chi connectivity index (χ0n) is 15.9. The molecule has 0 aliphatic heterocycles. The van der Waals surface area contributed by atoms with Gasteiger partial charge < -0.3 is 9.15 Å². The number of nitro benzene ring substituents is 1.